The zero-order valence-corrected chi connectivity index (χ0v) is 14.5. The van der Waals surface area contributed by atoms with Gasteiger partial charge >= 0.3 is 5.97 Å². The van der Waals surface area contributed by atoms with E-state index in [0.29, 0.717) is 11.3 Å². The smallest absolute Gasteiger partial charge is 0.338 e. The highest BCUT2D eigenvalue weighted by molar-refractivity contribution is 7.89. The molecule has 0 unspecified atom stereocenters. The number of benzene rings is 2. The van der Waals surface area contributed by atoms with E-state index in [-0.39, 0.29) is 4.90 Å². The molecule has 2 aromatic rings. The van der Waals surface area contributed by atoms with Gasteiger partial charge in [0.1, 0.15) is 0 Å². The highest BCUT2D eigenvalue weighted by atomic mass is 32.2. The van der Waals surface area contributed by atoms with Gasteiger partial charge in [0.05, 0.1) is 10.5 Å². The monoisotopic (exact) mass is 362 g/mol. The first-order valence-corrected chi connectivity index (χ1v) is 8.93. The number of hydrogen-bond donors (Lipinski definition) is 2. The van der Waals surface area contributed by atoms with Gasteiger partial charge in [-0.1, -0.05) is 17.7 Å². The van der Waals surface area contributed by atoms with Crippen molar-refractivity contribution in [1.29, 1.82) is 0 Å². The number of nitrogens with one attached hydrogen (secondary N) is 1. The predicted molar refractivity (Wildman–Crippen MR) is 92.5 cm³/mol. The molecule has 132 valence electrons. The van der Waals surface area contributed by atoms with Crippen molar-refractivity contribution in [2.45, 2.75) is 24.8 Å². The minimum Gasteiger partial charge on any atom is -0.449 e. The Hall–Kier alpha value is -2.71. The third kappa shape index (κ3) is 5.13. The molecule has 0 heterocycles. The van der Waals surface area contributed by atoms with E-state index in [0.717, 1.165) is 5.56 Å². The van der Waals surface area contributed by atoms with Crippen molar-refractivity contribution in [2.75, 3.05) is 5.32 Å². The second-order valence-corrected chi connectivity index (χ2v) is 7.03. The molecule has 0 aliphatic rings. The van der Waals surface area contributed by atoms with Gasteiger partial charge < -0.3 is 10.1 Å². The maximum atomic E-state index is 12.1. The van der Waals surface area contributed by atoms with Gasteiger partial charge in [-0.25, -0.2) is 18.4 Å². The van der Waals surface area contributed by atoms with Crippen LogP contribution in [0.1, 0.15) is 22.8 Å². The molecule has 1 amide bonds. The van der Waals surface area contributed by atoms with Crippen molar-refractivity contribution in [2.24, 2.45) is 5.14 Å². The highest BCUT2D eigenvalue weighted by Crippen LogP contribution is 2.14. The molecule has 0 spiro atoms. The van der Waals surface area contributed by atoms with Crippen molar-refractivity contribution >= 4 is 27.6 Å². The van der Waals surface area contributed by atoms with Crippen LogP contribution in [0.4, 0.5) is 5.69 Å². The van der Waals surface area contributed by atoms with Crippen molar-refractivity contribution in [3.05, 3.63) is 59.7 Å². The number of anilines is 1. The number of amides is 1. The molecule has 0 fully saturated rings. The van der Waals surface area contributed by atoms with E-state index >= 15 is 0 Å². The Kier molecular flexibility index (Phi) is 5.55. The number of sulfonamides is 1. The zero-order valence-electron chi connectivity index (χ0n) is 13.7. The molecule has 0 aliphatic heterocycles. The summed E-state index contributed by atoms with van der Waals surface area (Å²) in [5, 5.41) is 7.54. The maximum absolute atomic E-state index is 12.1. The number of aryl methyl sites for hydroxylation is 1. The summed E-state index contributed by atoms with van der Waals surface area (Å²) < 4.78 is 27.5. The van der Waals surface area contributed by atoms with Crippen LogP contribution >= 0.6 is 0 Å². The third-order valence-electron chi connectivity index (χ3n) is 3.39. The van der Waals surface area contributed by atoms with Crippen molar-refractivity contribution in [1.82, 2.24) is 0 Å². The van der Waals surface area contributed by atoms with E-state index in [1.165, 1.54) is 31.2 Å². The summed E-state index contributed by atoms with van der Waals surface area (Å²) in [6.07, 6.45) is -1.02. The number of ether oxygens (including phenoxy) is 1. The summed E-state index contributed by atoms with van der Waals surface area (Å²) in [7, 11) is -3.80. The topological polar surface area (TPSA) is 116 Å². The molecule has 0 aromatic heterocycles. The van der Waals surface area contributed by atoms with Gasteiger partial charge in [-0.05, 0) is 50.2 Å². The van der Waals surface area contributed by atoms with Crippen LogP contribution in [0.5, 0.6) is 0 Å². The molecular formula is C17H18N2O5S. The lowest BCUT2D eigenvalue weighted by molar-refractivity contribution is -0.123. The quantitative estimate of drug-likeness (QED) is 0.787. The molecule has 1 atom stereocenters. The minimum atomic E-state index is -3.80. The average Bonchev–Trinajstić information content (AvgIpc) is 2.55. The molecule has 0 radical (unpaired) electrons. The fourth-order valence-electron chi connectivity index (χ4n) is 1.94. The van der Waals surface area contributed by atoms with Crippen LogP contribution < -0.4 is 10.5 Å². The first kappa shape index (κ1) is 18.6. The molecule has 7 nitrogen and oxygen atoms in total. The van der Waals surface area contributed by atoms with E-state index < -0.39 is 28.0 Å². The molecule has 8 heteroatoms. The van der Waals surface area contributed by atoms with E-state index in [2.05, 4.69) is 5.32 Å². The lowest BCUT2D eigenvalue weighted by atomic mass is 10.1. The van der Waals surface area contributed by atoms with Crippen LogP contribution in [0.25, 0.3) is 0 Å². The fraction of sp³-hybridized carbons (Fsp3) is 0.176. The Morgan fingerprint density at radius 3 is 2.12 bits per heavy atom. The van der Waals surface area contributed by atoms with Gasteiger partial charge in [0.25, 0.3) is 5.91 Å². The van der Waals surface area contributed by atoms with Crippen LogP contribution in [0.2, 0.25) is 0 Å². The number of primary sulfonamides is 1. The molecule has 0 aliphatic carbocycles. The standard InChI is InChI=1S/C17H18N2O5S/c1-11-3-5-13(6-4-11)17(21)24-12(2)16(20)19-14-7-9-15(10-8-14)25(18,22)23/h3-10,12H,1-2H3,(H,19,20)(H2,18,22,23)/t12-/m0/s1. The van der Waals surface area contributed by atoms with E-state index in [1.807, 2.05) is 6.92 Å². The Morgan fingerprint density at radius 1 is 1.04 bits per heavy atom. The maximum Gasteiger partial charge on any atom is 0.338 e. The summed E-state index contributed by atoms with van der Waals surface area (Å²) >= 11 is 0. The van der Waals surface area contributed by atoms with Gasteiger partial charge in [-0.2, -0.15) is 0 Å². The highest BCUT2D eigenvalue weighted by Gasteiger charge is 2.19. The minimum absolute atomic E-state index is 0.0654. The Balaban J connectivity index is 1.98. The van der Waals surface area contributed by atoms with Crippen LogP contribution in [0.3, 0.4) is 0 Å². The fourth-order valence-corrected chi connectivity index (χ4v) is 2.46. The molecule has 0 saturated heterocycles. The second kappa shape index (κ2) is 7.45. The van der Waals surface area contributed by atoms with Gasteiger partial charge in [-0.3, -0.25) is 4.79 Å². The summed E-state index contributed by atoms with van der Waals surface area (Å²) in [5.41, 5.74) is 1.71. The number of carbonyl (C=O) groups is 2. The SMILES string of the molecule is Cc1ccc(C(=O)O[C@@H](C)C(=O)Nc2ccc(S(N)(=O)=O)cc2)cc1. The van der Waals surface area contributed by atoms with Crippen molar-refractivity contribution < 1.29 is 22.7 Å². The lowest BCUT2D eigenvalue weighted by Gasteiger charge is -2.14. The van der Waals surface area contributed by atoms with E-state index in [4.69, 9.17) is 9.88 Å². The predicted octanol–water partition coefficient (Wildman–Crippen LogP) is 1.83. The number of hydrogen-bond acceptors (Lipinski definition) is 5. The van der Waals surface area contributed by atoms with Crippen LogP contribution in [-0.2, 0) is 19.6 Å². The molecule has 25 heavy (non-hydrogen) atoms. The second-order valence-electron chi connectivity index (χ2n) is 5.47. The number of carbonyl (C=O) groups excluding carboxylic acids is 2. The molecule has 0 bridgehead atoms. The zero-order chi connectivity index (χ0) is 18.6. The molecule has 2 rings (SSSR count). The number of rotatable bonds is 5. The third-order valence-corrected chi connectivity index (χ3v) is 4.32. The molecule has 2 aromatic carbocycles. The lowest BCUT2D eigenvalue weighted by Crippen LogP contribution is -2.30. The Labute approximate surface area is 145 Å². The number of nitrogens with two attached hydrogens (primary N) is 1. The van der Waals surface area contributed by atoms with Crippen LogP contribution in [-0.4, -0.2) is 26.4 Å². The first-order chi connectivity index (χ1) is 11.7. The van der Waals surface area contributed by atoms with E-state index in [9.17, 15) is 18.0 Å². The Bertz CT molecular complexity index is 874. The summed E-state index contributed by atoms with van der Waals surface area (Å²) in [5.74, 6) is -1.14. The van der Waals surface area contributed by atoms with Gasteiger partial charge in [0.15, 0.2) is 6.10 Å². The first-order valence-electron chi connectivity index (χ1n) is 7.38. The summed E-state index contributed by atoms with van der Waals surface area (Å²) in [6.45, 7) is 3.34. The van der Waals surface area contributed by atoms with E-state index in [1.54, 1.807) is 24.3 Å². The molecule has 0 saturated carbocycles. The molecule has 3 N–H and O–H groups in total. The summed E-state index contributed by atoms with van der Waals surface area (Å²) in [4.78, 5) is 24.0. The van der Waals surface area contributed by atoms with Crippen LogP contribution in [0.15, 0.2) is 53.4 Å². The van der Waals surface area contributed by atoms with Gasteiger partial charge in [-0.15, -0.1) is 0 Å². The van der Waals surface area contributed by atoms with Crippen molar-refractivity contribution in [3.63, 3.8) is 0 Å². The largest absolute Gasteiger partial charge is 0.449 e. The Morgan fingerprint density at radius 2 is 1.60 bits per heavy atom. The van der Waals surface area contributed by atoms with Crippen molar-refractivity contribution in [3.8, 4) is 0 Å². The van der Waals surface area contributed by atoms with Gasteiger partial charge in [0, 0.05) is 5.69 Å². The van der Waals surface area contributed by atoms with Gasteiger partial charge in [0.2, 0.25) is 10.0 Å². The summed E-state index contributed by atoms with van der Waals surface area (Å²) in [6, 6.07) is 12.1. The number of esters is 1. The average molecular weight is 362 g/mol. The normalized spacial score (nSPS) is 12.3. The molecular weight excluding hydrogens is 344 g/mol. The van der Waals surface area contributed by atoms with Crippen LogP contribution in [0, 0.1) is 6.92 Å².